The standard InChI is InChI=1S/C17H22N4O3/c1-2-16(23,13-6-4-3-5-7-13)10-15(22)21-9-8-17(24,12-21)14-11-18-20-19-14/h3-7,11,23-24H,2,8-10,12H2,1H3,(H,18,19,20)/t16-,17-/m0/s1. The van der Waals surface area contributed by atoms with Crippen LogP contribution in [0.1, 0.15) is 37.4 Å². The van der Waals surface area contributed by atoms with Gasteiger partial charge in [0.2, 0.25) is 5.91 Å². The first-order valence-electron chi connectivity index (χ1n) is 8.11. The topological polar surface area (TPSA) is 102 Å². The van der Waals surface area contributed by atoms with Gasteiger partial charge in [0, 0.05) is 13.0 Å². The van der Waals surface area contributed by atoms with E-state index in [0.717, 1.165) is 5.56 Å². The average molecular weight is 330 g/mol. The summed E-state index contributed by atoms with van der Waals surface area (Å²) in [6, 6.07) is 9.22. The Kier molecular flexibility index (Phi) is 4.38. The minimum atomic E-state index is -1.20. The number of aliphatic hydroxyl groups is 2. The number of nitrogens with zero attached hydrogens (tertiary/aromatic N) is 3. The van der Waals surface area contributed by atoms with Crippen molar-refractivity contribution in [3.05, 3.63) is 47.8 Å². The molecule has 1 aliphatic rings. The van der Waals surface area contributed by atoms with Gasteiger partial charge in [-0.1, -0.05) is 37.3 Å². The first-order valence-corrected chi connectivity index (χ1v) is 8.11. The molecule has 0 spiro atoms. The number of H-pyrrole nitrogens is 1. The normalized spacial score (nSPS) is 23.2. The summed E-state index contributed by atoms with van der Waals surface area (Å²) in [4.78, 5) is 14.2. The van der Waals surface area contributed by atoms with Crippen molar-refractivity contribution >= 4 is 5.91 Å². The summed E-state index contributed by atoms with van der Waals surface area (Å²) in [5.41, 5.74) is -1.22. The molecule has 2 atom stereocenters. The molecule has 0 unspecified atom stereocenters. The van der Waals surface area contributed by atoms with Crippen molar-refractivity contribution in [2.24, 2.45) is 0 Å². The zero-order chi connectivity index (χ0) is 17.2. The summed E-state index contributed by atoms with van der Waals surface area (Å²) in [5, 5.41) is 31.7. The van der Waals surface area contributed by atoms with Crippen molar-refractivity contribution < 1.29 is 15.0 Å². The molecule has 1 aromatic heterocycles. The smallest absolute Gasteiger partial charge is 0.225 e. The Bertz CT molecular complexity index is 691. The van der Waals surface area contributed by atoms with Gasteiger partial charge in [0.25, 0.3) is 0 Å². The van der Waals surface area contributed by atoms with Gasteiger partial charge in [0.1, 0.15) is 11.3 Å². The number of aromatic nitrogens is 3. The van der Waals surface area contributed by atoms with Crippen LogP contribution < -0.4 is 0 Å². The largest absolute Gasteiger partial charge is 0.385 e. The quantitative estimate of drug-likeness (QED) is 0.756. The number of β-amino-alcohol motifs (C(OH)–C–C–N with tert-alkyl or cyclic N) is 1. The van der Waals surface area contributed by atoms with Crippen LogP contribution in [0.2, 0.25) is 0 Å². The lowest BCUT2D eigenvalue weighted by molar-refractivity contribution is -0.137. The number of carbonyl (C=O) groups is 1. The van der Waals surface area contributed by atoms with Crippen LogP contribution in [-0.4, -0.2) is 49.5 Å². The Labute approximate surface area is 140 Å². The highest BCUT2D eigenvalue weighted by Crippen LogP contribution is 2.33. The molecule has 1 amide bonds. The molecular weight excluding hydrogens is 308 g/mol. The summed E-state index contributed by atoms with van der Waals surface area (Å²) in [7, 11) is 0. The van der Waals surface area contributed by atoms with E-state index < -0.39 is 11.2 Å². The molecule has 1 saturated heterocycles. The highest BCUT2D eigenvalue weighted by atomic mass is 16.3. The van der Waals surface area contributed by atoms with Crippen LogP contribution in [0.4, 0.5) is 0 Å². The van der Waals surface area contributed by atoms with Gasteiger partial charge in [-0.2, -0.15) is 15.4 Å². The number of nitrogens with one attached hydrogen (secondary N) is 1. The van der Waals surface area contributed by atoms with Crippen LogP contribution in [0, 0.1) is 0 Å². The summed E-state index contributed by atoms with van der Waals surface area (Å²) < 4.78 is 0. The third-order valence-corrected chi connectivity index (χ3v) is 4.83. The number of rotatable bonds is 5. The second-order valence-electron chi connectivity index (χ2n) is 6.38. The molecule has 0 saturated carbocycles. The molecule has 0 bridgehead atoms. The number of benzene rings is 1. The number of hydrogen-bond acceptors (Lipinski definition) is 5. The molecule has 24 heavy (non-hydrogen) atoms. The predicted octanol–water partition coefficient (Wildman–Crippen LogP) is 0.912. The van der Waals surface area contributed by atoms with E-state index in [0.29, 0.717) is 25.1 Å². The third kappa shape index (κ3) is 3.05. The Morgan fingerprint density at radius 1 is 1.42 bits per heavy atom. The number of carbonyl (C=O) groups excluding carboxylic acids is 1. The summed E-state index contributed by atoms with van der Waals surface area (Å²) in [6.45, 7) is 2.44. The Balaban J connectivity index is 1.71. The highest BCUT2D eigenvalue weighted by molar-refractivity contribution is 5.78. The third-order valence-electron chi connectivity index (χ3n) is 4.83. The second kappa shape index (κ2) is 6.33. The summed E-state index contributed by atoms with van der Waals surface area (Å²) in [6.07, 6.45) is 2.30. The van der Waals surface area contributed by atoms with Crippen molar-refractivity contribution in [1.82, 2.24) is 20.3 Å². The van der Waals surface area contributed by atoms with E-state index in [4.69, 9.17) is 0 Å². The minimum Gasteiger partial charge on any atom is -0.385 e. The van der Waals surface area contributed by atoms with Gasteiger partial charge in [-0.25, -0.2) is 0 Å². The average Bonchev–Trinajstić information content (AvgIpc) is 3.26. The molecule has 7 heteroatoms. The SMILES string of the molecule is CC[C@](O)(CC(=O)N1CC[C@@](O)(c2cn[nH]n2)C1)c1ccccc1. The zero-order valence-corrected chi connectivity index (χ0v) is 13.6. The van der Waals surface area contributed by atoms with Crippen LogP contribution in [0.15, 0.2) is 36.5 Å². The van der Waals surface area contributed by atoms with Gasteiger partial charge in [-0.3, -0.25) is 4.79 Å². The molecule has 2 heterocycles. The maximum absolute atomic E-state index is 12.7. The molecule has 2 aromatic rings. The molecule has 3 rings (SSSR count). The van der Waals surface area contributed by atoms with Gasteiger partial charge in [0.05, 0.1) is 24.8 Å². The van der Waals surface area contributed by atoms with Crippen molar-refractivity contribution in [1.29, 1.82) is 0 Å². The van der Waals surface area contributed by atoms with Crippen molar-refractivity contribution in [2.45, 2.75) is 37.4 Å². The molecule has 3 N–H and O–H groups in total. The van der Waals surface area contributed by atoms with E-state index in [1.165, 1.54) is 6.20 Å². The van der Waals surface area contributed by atoms with Crippen LogP contribution in [0.25, 0.3) is 0 Å². The van der Waals surface area contributed by atoms with Crippen LogP contribution in [0.5, 0.6) is 0 Å². The zero-order valence-electron chi connectivity index (χ0n) is 13.6. The fourth-order valence-electron chi connectivity index (χ4n) is 3.18. The Hall–Kier alpha value is -2.25. The lowest BCUT2D eigenvalue weighted by Crippen LogP contribution is -2.39. The Morgan fingerprint density at radius 2 is 2.17 bits per heavy atom. The van der Waals surface area contributed by atoms with Crippen molar-refractivity contribution in [3.63, 3.8) is 0 Å². The number of amides is 1. The van der Waals surface area contributed by atoms with E-state index in [9.17, 15) is 15.0 Å². The summed E-state index contributed by atoms with van der Waals surface area (Å²) in [5.74, 6) is -0.178. The first-order chi connectivity index (χ1) is 11.5. The van der Waals surface area contributed by atoms with Gasteiger partial charge in [-0.05, 0) is 12.0 Å². The molecule has 1 aliphatic heterocycles. The van der Waals surface area contributed by atoms with E-state index in [2.05, 4.69) is 15.4 Å². The molecule has 0 aliphatic carbocycles. The lowest BCUT2D eigenvalue weighted by atomic mass is 9.87. The van der Waals surface area contributed by atoms with Crippen LogP contribution in [-0.2, 0) is 16.0 Å². The molecule has 7 nitrogen and oxygen atoms in total. The molecule has 0 radical (unpaired) electrons. The van der Waals surface area contributed by atoms with E-state index in [1.807, 2.05) is 37.3 Å². The molecular formula is C17H22N4O3. The molecule has 1 fully saturated rings. The van der Waals surface area contributed by atoms with Gasteiger partial charge in [0.15, 0.2) is 0 Å². The Morgan fingerprint density at radius 3 is 2.79 bits per heavy atom. The second-order valence-corrected chi connectivity index (χ2v) is 6.38. The lowest BCUT2D eigenvalue weighted by Gasteiger charge is -2.29. The minimum absolute atomic E-state index is 0.0115. The maximum atomic E-state index is 12.7. The van der Waals surface area contributed by atoms with E-state index in [1.54, 1.807) is 4.90 Å². The number of likely N-dealkylation sites (tertiary alicyclic amines) is 1. The van der Waals surface area contributed by atoms with Crippen molar-refractivity contribution in [2.75, 3.05) is 13.1 Å². The molecule has 128 valence electrons. The number of aromatic amines is 1. The fraction of sp³-hybridized carbons (Fsp3) is 0.471. The summed E-state index contributed by atoms with van der Waals surface area (Å²) >= 11 is 0. The highest BCUT2D eigenvalue weighted by Gasteiger charge is 2.43. The van der Waals surface area contributed by atoms with Crippen LogP contribution >= 0.6 is 0 Å². The maximum Gasteiger partial charge on any atom is 0.225 e. The van der Waals surface area contributed by atoms with Gasteiger partial charge >= 0.3 is 0 Å². The van der Waals surface area contributed by atoms with Gasteiger partial charge < -0.3 is 15.1 Å². The van der Waals surface area contributed by atoms with E-state index in [-0.39, 0.29) is 18.9 Å². The predicted molar refractivity (Wildman–Crippen MR) is 86.7 cm³/mol. The van der Waals surface area contributed by atoms with Gasteiger partial charge in [-0.15, -0.1) is 0 Å². The number of hydrogen-bond donors (Lipinski definition) is 3. The molecule has 1 aromatic carbocycles. The monoisotopic (exact) mass is 330 g/mol. The first kappa shape index (κ1) is 16.6. The van der Waals surface area contributed by atoms with Crippen molar-refractivity contribution in [3.8, 4) is 0 Å². The van der Waals surface area contributed by atoms with E-state index >= 15 is 0 Å². The van der Waals surface area contributed by atoms with Crippen LogP contribution in [0.3, 0.4) is 0 Å². The fourth-order valence-corrected chi connectivity index (χ4v) is 3.18.